The van der Waals surface area contributed by atoms with Gasteiger partial charge in [-0.05, 0) is 12.8 Å². The number of hydrogen-bond donors (Lipinski definition) is 0. The standard InChI is InChI=1S/C15H14N4O3/c1-22-15(21)12-11-13(8-3-2-4-9(8)14(11)20)19(18-12)10-7-16-5-6-17-10/h5-9H,2-4H2,1H3. The molecule has 22 heavy (non-hydrogen) atoms. The van der Waals surface area contributed by atoms with Crippen LogP contribution in [0, 0.1) is 5.92 Å². The lowest BCUT2D eigenvalue weighted by atomic mass is 9.98. The smallest absolute Gasteiger partial charge is 0.359 e. The zero-order valence-corrected chi connectivity index (χ0v) is 12.0. The van der Waals surface area contributed by atoms with Crippen molar-refractivity contribution in [2.24, 2.45) is 5.92 Å². The average molecular weight is 298 g/mol. The molecule has 2 heterocycles. The van der Waals surface area contributed by atoms with Gasteiger partial charge in [0, 0.05) is 24.2 Å². The quantitative estimate of drug-likeness (QED) is 0.781. The molecular weight excluding hydrogens is 284 g/mol. The van der Waals surface area contributed by atoms with Crippen molar-refractivity contribution < 1.29 is 14.3 Å². The maximum absolute atomic E-state index is 12.7. The molecule has 0 bridgehead atoms. The number of carbonyl (C=O) groups is 2. The van der Waals surface area contributed by atoms with Crippen LogP contribution in [-0.2, 0) is 4.74 Å². The largest absolute Gasteiger partial charge is 0.464 e. The summed E-state index contributed by atoms with van der Waals surface area (Å²) in [6.07, 6.45) is 7.50. The Bertz CT molecular complexity index is 769. The van der Waals surface area contributed by atoms with Crippen LogP contribution in [0.4, 0.5) is 0 Å². The zero-order chi connectivity index (χ0) is 15.3. The van der Waals surface area contributed by atoms with Crippen molar-refractivity contribution in [3.63, 3.8) is 0 Å². The topological polar surface area (TPSA) is 87.0 Å². The third kappa shape index (κ3) is 1.65. The fraction of sp³-hybridized carbons (Fsp3) is 0.400. The van der Waals surface area contributed by atoms with Gasteiger partial charge in [0.15, 0.2) is 17.3 Å². The number of Topliss-reactive ketones (excluding diaryl/α,β-unsaturated/α-hetero) is 1. The first-order valence-corrected chi connectivity index (χ1v) is 7.24. The van der Waals surface area contributed by atoms with Gasteiger partial charge < -0.3 is 4.74 Å². The van der Waals surface area contributed by atoms with E-state index in [0.717, 1.165) is 25.0 Å². The van der Waals surface area contributed by atoms with Crippen LogP contribution >= 0.6 is 0 Å². The Kier molecular flexibility index (Phi) is 2.82. The Morgan fingerprint density at radius 2 is 2.14 bits per heavy atom. The van der Waals surface area contributed by atoms with E-state index >= 15 is 0 Å². The predicted molar refractivity (Wildman–Crippen MR) is 74.9 cm³/mol. The van der Waals surface area contributed by atoms with Gasteiger partial charge in [-0.25, -0.2) is 14.5 Å². The van der Waals surface area contributed by atoms with Crippen LogP contribution in [0.15, 0.2) is 18.6 Å². The summed E-state index contributed by atoms with van der Waals surface area (Å²) in [5, 5.41) is 4.30. The lowest BCUT2D eigenvalue weighted by molar-refractivity contribution is 0.0589. The van der Waals surface area contributed by atoms with Crippen LogP contribution in [0.25, 0.3) is 5.82 Å². The minimum absolute atomic E-state index is 0.00744. The van der Waals surface area contributed by atoms with Gasteiger partial charge >= 0.3 is 5.97 Å². The molecule has 2 unspecified atom stereocenters. The van der Waals surface area contributed by atoms with Crippen molar-refractivity contribution in [3.05, 3.63) is 35.5 Å². The van der Waals surface area contributed by atoms with Crippen molar-refractivity contribution in [2.75, 3.05) is 7.11 Å². The Hall–Kier alpha value is -2.57. The van der Waals surface area contributed by atoms with Crippen LogP contribution in [0.5, 0.6) is 0 Å². The lowest BCUT2D eigenvalue weighted by Crippen LogP contribution is -2.15. The molecule has 0 spiro atoms. The summed E-state index contributed by atoms with van der Waals surface area (Å²) in [7, 11) is 1.29. The minimum Gasteiger partial charge on any atom is -0.464 e. The number of methoxy groups -OCH3 is 1. The molecule has 0 amide bonds. The van der Waals surface area contributed by atoms with Crippen LogP contribution in [0.2, 0.25) is 0 Å². The Labute approximate surface area is 126 Å². The maximum atomic E-state index is 12.7. The van der Waals surface area contributed by atoms with Gasteiger partial charge in [0.25, 0.3) is 0 Å². The number of carbonyl (C=O) groups excluding carboxylic acids is 2. The average Bonchev–Trinajstić information content (AvgIpc) is 3.22. The second kappa shape index (κ2) is 4.72. The number of ketones is 1. The minimum atomic E-state index is -0.591. The number of fused-ring (bicyclic) bond motifs is 3. The van der Waals surface area contributed by atoms with E-state index in [1.807, 2.05) is 0 Å². The summed E-state index contributed by atoms with van der Waals surface area (Å²) in [4.78, 5) is 32.9. The molecule has 2 atom stereocenters. The second-order valence-electron chi connectivity index (χ2n) is 5.58. The Morgan fingerprint density at radius 3 is 2.86 bits per heavy atom. The summed E-state index contributed by atoms with van der Waals surface area (Å²) in [6, 6.07) is 0. The number of rotatable bonds is 2. The lowest BCUT2D eigenvalue weighted by Gasteiger charge is -2.11. The second-order valence-corrected chi connectivity index (χ2v) is 5.58. The van der Waals surface area contributed by atoms with E-state index in [1.54, 1.807) is 23.3 Å². The fourth-order valence-electron chi connectivity index (χ4n) is 3.62. The normalized spacial score (nSPS) is 22.5. The highest BCUT2D eigenvalue weighted by atomic mass is 16.5. The van der Waals surface area contributed by atoms with Gasteiger partial charge in [0.1, 0.15) is 0 Å². The number of hydrogen-bond acceptors (Lipinski definition) is 6. The van der Waals surface area contributed by atoms with E-state index in [-0.39, 0.29) is 23.3 Å². The number of nitrogens with zero attached hydrogens (tertiary/aromatic N) is 4. The van der Waals surface area contributed by atoms with E-state index < -0.39 is 5.97 Å². The third-order valence-electron chi connectivity index (χ3n) is 4.52. The van der Waals surface area contributed by atoms with E-state index in [2.05, 4.69) is 15.1 Å². The van der Waals surface area contributed by atoms with Crippen LogP contribution in [0.1, 0.15) is 51.7 Å². The predicted octanol–water partition coefficient (Wildman–Crippen LogP) is 1.53. The van der Waals surface area contributed by atoms with Gasteiger partial charge in [-0.3, -0.25) is 9.78 Å². The number of esters is 1. The molecule has 4 rings (SSSR count). The molecule has 0 radical (unpaired) electrons. The first kappa shape index (κ1) is 13.1. The van der Waals surface area contributed by atoms with Crippen molar-refractivity contribution in [1.29, 1.82) is 0 Å². The first-order valence-electron chi connectivity index (χ1n) is 7.24. The van der Waals surface area contributed by atoms with E-state index in [9.17, 15) is 9.59 Å². The summed E-state index contributed by atoms with van der Waals surface area (Å²) in [6.45, 7) is 0. The molecule has 7 heteroatoms. The molecule has 2 aliphatic rings. The monoisotopic (exact) mass is 298 g/mol. The first-order chi connectivity index (χ1) is 10.7. The molecule has 1 fully saturated rings. The molecule has 1 saturated carbocycles. The molecule has 0 saturated heterocycles. The van der Waals surface area contributed by atoms with E-state index in [0.29, 0.717) is 11.4 Å². The number of ether oxygens (including phenoxy) is 1. The van der Waals surface area contributed by atoms with Gasteiger partial charge in [-0.1, -0.05) is 6.42 Å². The van der Waals surface area contributed by atoms with Crippen molar-refractivity contribution in [1.82, 2.24) is 19.7 Å². The summed E-state index contributed by atoms with van der Waals surface area (Å²) >= 11 is 0. The molecule has 7 nitrogen and oxygen atoms in total. The Balaban J connectivity index is 1.96. The molecule has 0 aliphatic heterocycles. The third-order valence-corrected chi connectivity index (χ3v) is 4.52. The SMILES string of the molecule is COC(=O)c1nn(-c2cnccn2)c2c1C(=O)C1CCCC21. The highest BCUT2D eigenvalue weighted by Gasteiger charge is 2.48. The van der Waals surface area contributed by atoms with Gasteiger partial charge in [-0.2, -0.15) is 5.10 Å². The Morgan fingerprint density at radius 1 is 1.32 bits per heavy atom. The summed E-state index contributed by atoms with van der Waals surface area (Å²) in [5.41, 5.74) is 1.28. The molecule has 0 aromatic carbocycles. The van der Waals surface area contributed by atoms with Gasteiger partial charge in [0.2, 0.25) is 0 Å². The highest BCUT2D eigenvalue weighted by Crippen LogP contribution is 2.49. The molecule has 2 aromatic rings. The molecule has 112 valence electrons. The maximum Gasteiger partial charge on any atom is 0.359 e. The molecule has 0 N–H and O–H groups in total. The van der Waals surface area contributed by atoms with E-state index in [1.165, 1.54) is 7.11 Å². The molecular formula is C15H14N4O3. The highest BCUT2D eigenvalue weighted by molar-refractivity contribution is 6.10. The van der Waals surface area contributed by atoms with Crippen LogP contribution in [0.3, 0.4) is 0 Å². The van der Waals surface area contributed by atoms with Crippen molar-refractivity contribution >= 4 is 11.8 Å². The van der Waals surface area contributed by atoms with E-state index in [4.69, 9.17) is 4.74 Å². The molecule has 2 aromatic heterocycles. The fourth-order valence-corrected chi connectivity index (χ4v) is 3.62. The summed E-state index contributed by atoms with van der Waals surface area (Å²) < 4.78 is 6.36. The van der Waals surface area contributed by atoms with Crippen LogP contribution < -0.4 is 0 Å². The van der Waals surface area contributed by atoms with Gasteiger partial charge in [0.05, 0.1) is 24.6 Å². The summed E-state index contributed by atoms with van der Waals surface area (Å²) in [5.74, 6) is -0.00996. The van der Waals surface area contributed by atoms with Gasteiger partial charge in [-0.15, -0.1) is 0 Å². The zero-order valence-electron chi connectivity index (χ0n) is 12.0. The molecule has 2 aliphatic carbocycles. The van der Waals surface area contributed by atoms with Crippen molar-refractivity contribution in [3.8, 4) is 5.82 Å². The number of aromatic nitrogens is 4. The van der Waals surface area contributed by atoms with Crippen LogP contribution in [-0.4, -0.2) is 38.6 Å². The van der Waals surface area contributed by atoms with Crippen molar-refractivity contribution in [2.45, 2.75) is 25.2 Å².